The lowest BCUT2D eigenvalue weighted by molar-refractivity contribution is -0.137. The standard InChI is InChI=1S/C17H13F3N2O3/c1-2-22-13-8-10(6-7-14(13)25-16(22)24)15(23)21-12-5-3-4-11(9-12)17(18,19)20/h3-9H,2H2,1H3,(H,21,23). The summed E-state index contributed by atoms with van der Waals surface area (Å²) in [4.78, 5) is 24.0. The van der Waals surface area contributed by atoms with Crippen LogP contribution in [0.25, 0.3) is 11.1 Å². The first-order valence-corrected chi connectivity index (χ1v) is 7.41. The molecular formula is C17H13F3N2O3. The zero-order valence-corrected chi connectivity index (χ0v) is 13.1. The lowest BCUT2D eigenvalue weighted by Gasteiger charge is -2.10. The van der Waals surface area contributed by atoms with Gasteiger partial charge in [0, 0.05) is 17.8 Å². The number of rotatable bonds is 3. The van der Waals surface area contributed by atoms with E-state index in [4.69, 9.17) is 4.42 Å². The van der Waals surface area contributed by atoms with Gasteiger partial charge in [-0.25, -0.2) is 4.79 Å². The molecule has 0 aliphatic heterocycles. The van der Waals surface area contributed by atoms with Crippen LogP contribution in [0.3, 0.4) is 0 Å². The molecule has 0 unspecified atom stereocenters. The van der Waals surface area contributed by atoms with Crippen molar-refractivity contribution < 1.29 is 22.4 Å². The van der Waals surface area contributed by atoms with E-state index in [2.05, 4.69) is 5.32 Å². The van der Waals surface area contributed by atoms with Crippen molar-refractivity contribution in [3.8, 4) is 0 Å². The molecule has 0 atom stereocenters. The van der Waals surface area contributed by atoms with Gasteiger partial charge in [-0.15, -0.1) is 0 Å². The summed E-state index contributed by atoms with van der Waals surface area (Å²) in [7, 11) is 0. The predicted molar refractivity (Wildman–Crippen MR) is 85.5 cm³/mol. The average molecular weight is 350 g/mol. The van der Waals surface area contributed by atoms with Crippen LogP contribution in [0.2, 0.25) is 0 Å². The summed E-state index contributed by atoms with van der Waals surface area (Å²) in [6.07, 6.45) is -4.49. The normalized spacial score (nSPS) is 11.7. The van der Waals surface area contributed by atoms with Crippen LogP contribution in [-0.4, -0.2) is 10.5 Å². The summed E-state index contributed by atoms with van der Waals surface area (Å²) in [5.74, 6) is -1.12. The highest BCUT2D eigenvalue weighted by molar-refractivity contribution is 6.05. The summed E-state index contributed by atoms with van der Waals surface area (Å²) in [6.45, 7) is 2.12. The maximum atomic E-state index is 12.7. The minimum atomic E-state index is -4.49. The zero-order valence-electron chi connectivity index (χ0n) is 13.1. The predicted octanol–water partition coefficient (Wildman–Crippen LogP) is 3.89. The topological polar surface area (TPSA) is 64.2 Å². The Labute approximate surface area is 139 Å². The molecule has 0 radical (unpaired) electrons. The first kappa shape index (κ1) is 16.8. The largest absolute Gasteiger partial charge is 0.419 e. The van der Waals surface area contributed by atoms with Crippen LogP contribution in [0.4, 0.5) is 18.9 Å². The Balaban J connectivity index is 1.91. The molecule has 1 amide bonds. The molecule has 2 aromatic carbocycles. The minimum absolute atomic E-state index is 0.0278. The number of halogens is 3. The average Bonchev–Trinajstić information content (AvgIpc) is 2.88. The van der Waals surface area contributed by atoms with Crippen molar-refractivity contribution in [3.63, 3.8) is 0 Å². The molecule has 1 N–H and O–H groups in total. The van der Waals surface area contributed by atoms with Gasteiger partial charge in [-0.1, -0.05) is 6.07 Å². The SMILES string of the molecule is CCn1c(=O)oc2ccc(C(=O)Nc3cccc(C(F)(F)F)c3)cc21. The third-order valence-corrected chi connectivity index (χ3v) is 3.69. The van der Waals surface area contributed by atoms with Gasteiger partial charge in [0.1, 0.15) is 0 Å². The summed E-state index contributed by atoms with van der Waals surface area (Å²) < 4.78 is 44.6. The van der Waals surface area contributed by atoms with Gasteiger partial charge in [0.15, 0.2) is 5.58 Å². The Bertz CT molecular complexity index is 1000. The number of carbonyl (C=O) groups excluding carboxylic acids is 1. The Hall–Kier alpha value is -3.03. The number of nitrogens with one attached hydrogen (secondary N) is 1. The van der Waals surface area contributed by atoms with Crippen molar-refractivity contribution in [3.05, 3.63) is 64.1 Å². The van der Waals surface area contributed by atoms with Crippen molar-refractivity contribution in [2.75, 3.05) is 5.32 Å². The van der Waals surface area contributed by atoms with Gasteiger partial charge in [0.05, 0.1) is 11.1 Å². The summed E-state index contributed by atoms with van der Waals surface area (Å²) >= 11 is 0. The molecule has 8 heteroatoms. The monoisotopic (exact) mass is 350 g/mol. The van der Waals surface area contributed by atoms with E-state index in [1.807, 2.05) is 0 Å². The van der Waals surface area contributed by atoms with Gasteiger partial charge >= 0.3 is 11.9 Å². The van der Waals surface area contributed by atoms with E-state index in [1.165, 1.54) is 34.9 Å². The molecule has 3 rings (SSSR count). The van der Waals surface area contributed by atoms with Gasteiger partial charge in [-0.3, -0.25) is 9.36 Å². The number of anilines is 1. The Morgan fingerprint density at radius 1 is 1.20 bits per heavy atom. The Kier molecular flexibility index (Phi) is 4.12. The molecule has 25 heavy (non-hydrogen) atoms. The van der Waals surface area contributed by atoms with Crippen LogP contribution >= 0.6 is 0 Å². The number of benzene rings is 2. The molecular weight excluding hydrogens is 337 g/mol. The van der Waals surface area contributed by atoms with E-state index in [0.717, 1.165) is 12.1 Å². The zero-order chi connectivity index (χ0) is 18.2. The quantitative estimate of drug-likeness (QED) is 0.779. The summed E-state index contributed by atoms with van der Waals surface area (Å²) in [6, 6.07) is 8.74. The molecule has 0 aliphatic carbocycles. The molecule has 0 bridgehead atoms. The number of amides is 1. The van der Waals surface area contributed by atoms with Gasteiger partial charge in [-0.05, 0) is 43.3 Å². The Morgan fingerprint density at radius 2 is 1.96 bits per heavy atom. The minimum Gasteiger partial charge on any atom is -0.408 e. The molecule has 0 aliphatic rings. The van der Waals surface area contributed by atoms with Gasteiger partial charge < -0.3 is 9.73 Å². The third kappa shape index (κ3) is 3.28. The van der Waals surface area contributed by atoms with Crippen LogP contribution in [0.5, 0.6) is 0 Å². The van der Waals surface area contributed by atoms with E-state index >= 15 is 0 Å². The molecule has 1 aromatic heterocycles. The highest BCUT2D eigenvalue weighted by atomic mass is 19.4. The molecule has 0 saturated carbocycles. The maximum absolute atomic E-state index is 12.7. The fraction of sp³-hybridized carbons (Fsp3) is 0.176. The van der Waals surface area contributed by atoms with E-state index < -0.39 is 23.4 Å². The van der Waals surface area contributed by atoms with E-state index in [0.29, 0.717) is 17.6 Å². The van der Waals surface area contributed by atoms with Crippen molar-refractivity contribution in [2.24, 2.45) is 0 Å². The highest BCUT2D eigenvalue weighted by Crippen LogP contribution is 2.30. The second-order valence-electron chi connectivity index (χ2n) is 5.33. The second kappa shape index (κ2) is 6.12. The van der Waals surface area contributed by atoms with Crippen LogP contribution in [0.1, 0.15) is 22.8 Å². The number of nitrogens with zero attached hydrogens (tertiary/aromatic N) is 1. The smallest absolute Gasteiger partial charge is 0.408 e. The number of fused-ring (bicyclic) bond motifs is 1. The van der Waals surface area contributed by atoms with E-state index in [1.54, 1.807) is 6.92 Å². The number of aromatic nitrogens is 1. The number of oxazole rings is 1. The first-order chi connectivity index (χ1) is 11.8. The van der Waals surface area contributed by atoms with Gasteiger partial charge in [-0.2, -0.15) is 13.2 Å². The summed E-state index contributed by atoms with van der Waals surface area (Å²) in [5.41, 5.74) is 0.162. The molecule has 0 spiro atoms. The first-order valence-electron chi connectivity index (χ1n) is 7.41. The third-order valence-electron chi connectivity index (χ3n) is 3.69. The van der Waals surface area contributed by atoms with Crippen molar-refractivity contribution in [2.45, 2.75) is 19.6 Å². The van der Waals surface area contributed by atoms with E-state index in [9.17, 15) is 22.8 Å². The molecule has 1 heterocycles. The summed E-state index contributed by atoms with van der Waals surface area (Å²) in [5, 5.41) is 2.42. The highest BCUT2D eigenvalue weighted by Gasteiger charge is 2.30. The molecule has 0 saturated heterocycles. The van der Waals surface area contributed by atoms with Crippen molar-refractivity contribution >= 4 is 22.7 Å². The van der Waals surface area contributed by atoms with Gasteiger partial charge in [0.2, 0.25) is 0 Å². The van der Waals surface area contributed by atoms with Crippen LogP contribution in [0, 0.1) is 0 Å². The fourth-order valence-electron chi connectivity index (χ4n) is 2.48. The molecule has 0 fully saturated rings. The number of hydrogen-bond acceptors (Lipinski definition) is 3. The number of alkyl halides is 3. The number of aryl methyl sites for hydroxylation is 1. The fourth-order valence-corrected chi connectivity index (χ4v) is 2.48. The van der Waals surface area contributed by atoms with E-state index in [-0.39, 0.29) is 11.3 Å². The lowest BCUT2D eigenvalue weighted by Crippen LogP contribution is -2.14. The maximum Gasteiger partial charge on any atom is 0.419 e. The second-order valence-corrected chi connectivity index (χ2v) is 5.33. The van der Waals surface area contributed by atoms with Crippen LogP contribution in [-0.2, 0) is 12.7 Å². The lowest BCUT2D eigenvalue weighted by atomic mass is 10.1. The van der Waals surface area contributed by atoms with Crippen molar-refractivity contribution in [1.29, 1.82) is 0 Å². The van der Waals surface area contributed by atoms with Gasteiger partial charge in [0.25, 0.3) is 5.91 Å². The number of hydrogen-bond donors (Lipinski definition) is 1. The van der Waals surface area contributed by atoms with Crippen LogP contribution < -0.4 is 11.1 Å². The molecule has 130 valence electrons. The number of carbonyl (C=O) groups is 1. The molecule has 3 aromatic rings. The van der Waals surface area contributed by atoms with Crippen molar-refractivity contribution in [1.82, 2.24) is 4.57 Å². The molecule has 5 nitrogen and oxygen atoms in total. The Morgan fingerprint density at radius 3 is 2.64 bits per heavy atom. The van der Waals surface area contributed by atoms with Crippen LogP contribution in [0.15, 0.2) is 51.7 Å².